The van der Waals surface area contributed by atoms with Gasteiger partial charge in [0.1, 0.15) is 9.84 Å². The van der Waals surface area contributed by atoms with Gasteiger partial charge in [0.2, 0.25) is 0 Å². The molecule has 2 rings (SSSR count). The van der Waals surface area contributed by atoms with Gasteiger partial charge in [-0.2, -0.15) is 0 Å². The maximum absolute atomic E-state index is 11.6. The Balaban J connectivity index is 2.03. The fraction of sp³-hybridized carbons (Fsp3) is 1.00. The fourth-order valence-corrected chi connectivity index (χ4v) is 5.37. The highest BCUT2D eigenvalue weighted by molar-refractivity contribution is 7.91. The SMILES string of the molecule is CC(C)(C)NCC1C(C)(C)C12CCS(=O)(=O)CC2. The first-order valence-electron chi connectivity index (χ1n) is 6.96. The van der Waals surface area contributed by atoms with Crippen molar-refractivity contribution in [2.45, 2.75) is 53.0 Å². The molecule has 3 nitrogen and oxygen atoms in total. The van der Waals surface area contributed by atoms with Gasteiger partial charge in [-0.25, -0.2) is 8.42 Å². The molecule has 0 radical (unpaired) electrons. The van der Waals surface area contributed by atoms with Crippen LogP contribution in [0.25, 0.3) is 0 Å². The lowest BCUT2D eigenvalue weighted by Gasteiger charge is -2.26. The first-order valence-corrected chi connectivity index (χ1v) is 8.78. The predicted molar refractivity (Wildman–Crippen MR) is 75.3 cm³/mol. The van der Waals surface area contributed by atoms with Gasteiger partial charge in [0.15, 0.2) is 0 Å². The second-order valence-electron chi connectivity index (χ2n) is 7.71. The Labute approximate surface area is 112 Å². The molecular weight excluding hydrogens is 246 g/mol. The topological polar surface area (TPSA) is 46.2 Å². The van der Waals surface area contributed by atoms with E-state index in [2.05, 4.69) is 39.9 Å². The minimum absolute atomic E-state index is 0.139. The lowest BCUT2D eigenvalue weighted by Crippen LogP contribution is -2.38. The van der Waals surface area contributed by atoms with Gasteiger partial charge in [-0.05, 0) is 56.9 Å². The van der Waals surface area contributed by atoms with Crippen molar-refractivity contribution >= 4 is 9.84 Å². The molecule has 0 bridgehead atoms. The van der Waals surface area contributed by atoms with E-state index in [0.29, 0.717) is 22.8 Å². The molecule has 1 spiro atoms. The second-order valence-corrected chi connectivity index (χ2v) is 10.0. The third-order valence-electron chi connectivity index (χ3n) is 5.29. The normalized spacial score (nSPS) is 32.4. The van der Waals surface area contributed by atoms with Crippen molar-refractivity contribution in [1.29, 1.82) is 0 Å². The monoisotopic (exact) mass is 273 g/mol. The second kappa shape index (κ2) is 3.95. The zero-order valence-corrected chi connectivity index (χ0v) is 13.2. The third-order valence-corrected chi connectivity index (χ3v) is 6.95. The third kappa shape index (κ3) is 2.34. The van der Waals surface area contributed by atoms with Crippen LogP contribution in [0.3, 0.4) is 0 Å². The molecule has 0 aromatic heterocycles. The molecule has 2 fully saturated rings. The van der Waals surface area contributed by atoms with E-state index in [1.807, 2.05) is 0 Å². The summed E-state index contributed by atoms with van der Waals surface area (Å²) in [6, 6.07) is 0. The van der Waals surface area contributed by atoms with Crippen LogP contribution in [0.2, 0.25) is 0 Å². The first kappa shape index (κ1) is 14.3. The summed E-state index contributed by atoms with van der Waals surface area (Å²) in [5, 5.41) is 3.58. The molecule has 2 aliphatic rings. The highest BCUT2D eigenvalue weighted by Gasteiger charge is 2.70. The summed E-state index contributed by atoms with van der Waals surface area (Å²) in [6.07, 6.45) is 1.72. The quantitative estimate of drug-likeness (QED) is 0.839. The molecule has 0 amide bonds. The van der Waals surface area contributed by atoms with E-state index in [9.17, 15) is 8.42 Å². The van der Waals surface area contributed by atoms with Gasteiger partial charge in [0, 0.05) is 5.54 Å². The molecule has 1 aliphatic carbocycles. The number of sulfone groups is 1. The van der Waals surface area contributed by atoms with Gasteiger partial charge in [-0.15, -0.1) is 0 Å². The van der Waals surface area contributed by atoms with Crippen LogP contribution < -0.4 is 5.32 Å². The number of rotatable bonds is 2. The molecular formula is C14H27NO2S. The first-order chi connectivity index (χ1) is 8.00. The number of hydrogen-bond donors (Lipinski definition) is 1. The standard InChI is InChI=1S/C14H27NO2S/c1-12(2,3)15-10-11-13(4,5)14(11)6-8-18(16,17)9-7-14/h11,15H,6-10H2,1-5H3. The Morgan fingerprint density at radius 1 is 1.17 bits per heavy atom. The van der Waals surface area contributed by atoms with Crippen LogP contribution in [0.15, 0.2) is 0 Å². The van der Waals surface area contributed by atoms with E-state index in [0.717, 1.165) is 19.4 Å². The largest absolute Gasteiger partial charge is 0.312 e. The molecule has 1 saturated carbocycles. The summed E-state index contributed by atoms with van der Waals surface area (Å²) < 4.78 is 23.2. The maximum Gasteiger partial charge on any atom is 0.150 e. The van der Waals surface area contributed by atoms with Crippen molar-refractivity contribution < 1.29 is 8.42 Å². The van der Waals surface area contributed by atoms with Gasteiger partial charge in [-0.3, -0.25) is 0 Å². The Bertz CT molecular complexity index is 417. The van der Waals surface area contributed by atoms with Crippen LogP contribution in [0.4, 0.5) is 0 Å². The van der Waals surface area contributed by atoms with Crippen LogP contribution in [-0.4, -0.2) is 32.0 Å². The predicted octanol–water partition coefficient (Wildman–Crippen LogP) is 2.23. The van der Waals surface area contributed by atoms with Crippen LogP contribution in [0, 0.1) is 16.7 Å². The van der Waals surface area contributed by atoms with Crippen molar-refractivity contribution in [1.82, 2.24) is 5.32 Å². The summed E-state index contributed by atoms with van der Waals surface area (Å²) in [5.41, 5.74) is 0.707. The average molecular weight is 273 g/mol. The van der Waals surface area contributed by atoms with Crippen molar-refractivity contribution in [2.24, 2.45) is 16.7 Å². The van der Waals surface area contributed by atoms with E-state index in [-0.39, 0.29) is 11.0 Å². The molecule has 4 heteroatoms. The molecule has 1 aliphatic heterocycles. The summed E-state index contributed by atoms with van der Waals surface area (Å²) in [5.74, 6) is 1.41. The average Bonchev–Trinajstić information content (AvgIpc) is 2.64. The minimum atomic E-state index is -2.75. The highest BCUT2D eigenvalue weighted by atomic mass is 32.2. The smallest absolute Gasteiger partial charge is 0.150 e. The lowest BCUT2D eigenvalue weighted by atomic mass is 9.90. The molecule has 106 valence electrons. The molecule has 1 heterocycles. The molecule has 18 heavy (non-hydrogen) atoms. The Morgan fingerprint density at radius 3 is 2.11 bits per heavy atom. The molecule has 1 N–H and O–H groups in total. The molecule has 0 aromatic rings. The van der Waals surface area contributed by atoms with Crippen molar-refractivity contribution in [3.05, 3.63) is 0 Å². The number of hydrogen-bond acceptors (Lipinski definition) is 3. The van der Waals surface area contributed by atoms with Crippen molar-refractivity contribution in [3.8, 4) is 0 Å². The zero-order chi connectivity index (χ0) is 13.8. The van der Waals surface area contributed by atoms with Gasteiger partial charge in [0.25, 0.3) is 0 Å². The number of nitrogens with one attached hydrogen (secondary N) is 1. The van der Waals surface area contributed by atoms with E-state index in [1.165, 1.54) is 0 Å². The summed E-state index contributed by atoms with van der Waals surface area (Å²) in [6.45, 7) is 12.2. The van der Waals surface area contributed by atoms with Crippen LogP contribution in [0.5, 0.6) is 0 Å². The molecule has 1 atom stereocenters. The minimum Gasteiger partial charge on any atom is -0.312 e. The van der Waals surface area contributed by atoms with Gasteiger partial charge < -0.3 is 5.32 Å². The van der Waals surface area contributed by atoms with E-state index in [1.54, 1.807) is 0 Å². The van der Waals surface area contributed by atoms with Gasteiger partial charge in [-0.1, -0.05) is 13.8 Å². The lowest BCUT2D eigenvalue weighted by molar-refractivity contribution is 0.335. The summed E-state index contributed by atoms with van der Waals surface area (Å²) >= 11 is 0. The molecule has 0 aromatic carbocycles. The van der Waals surface area contributed by atoms with E-state index in [4.69, 9.17) is 0 Å². The van der Waals surface area contributed by atoms with Gasteiger partial charge >= 0.3 is 0 Å². The fourth-order valence-electron chi connectivity index (χ4n) is 3.82. The maximum atomic E-state index is 11.6. The Morgan fingerprint density at radius 2 is 1.67 bits per heavy atom. The molecule has 1 saturated heterocycles. The van der Waals surface area contributed by atoms with Crippen molar-refractivity contribution in [2.75, 3.05) is 18.1 Å². The highest BCUT2D eigenvalue weighted by Crippen LogP contribution is 2.73. The zero-order valence-electron chi connectivity index (χ0n) is 12.3. The van der Waals surface area contributed by atoms with Crippen LogP contribution >= 0.6 is 0 Å². The molecule has 1 unspecified atom stereocenters. The Hall–Kier alpha value is -0.0900. The van der Waals surface area contributed by atoms with Crippen LogP contribution in [0.1, 0.15) is 47.5 Å². The van der Waals surface area contributed by atoms with E-state index >= 15 is 0 Å². The summed E-state index contributed by atoms with van der Waals surface area (Å²) in [7, 11) is -2.75. The Kier molecular flexibility index (Phi) is 3.14. The van der Waals surface area contributed by atoms with Crippen molar-refractivity contribution in [3.63, 3.8) is 0 Å². The van der Waals surface area contributed by atoms with Gasteiger partial charge in [0.05, 0.1) is 11.5 Å². The van der Waals surface area contributed by atoms with Crippen LogP contribution in [-0.2, 0) is 9.84 Å². The van der Waals surface area contributed by atoms with E-state index < -0.39 is 9.84 Å². The summed E-state index contributed by atoms with van der Waals surface area (Å²) in [4.78, 5) is 0.